The number of hydrogen-bond donors (Lipinski definition) is 1. The van der Waals surface area contributed by atoms with Crippen LogP contribution in [-0.4, -0.2) is 16.9 Å². The molecule has 0 unspecified atom stereocenters. The van der Waals surface area contributed by atoms with Gasteiger partial charge in [-0.05, 0) is 31.0 Å². The zero-order valence-corrected chi connectivity index (χ0v) is 12.8. The summed E-state index contributed by atoms with van der Waals surface area (Å²) in [6, 6.07) is 10.1. The Morgan fingerprint density at radius 2 is 1.87 bits per heavy atom. The van der Waals surface area contributed by atoms with Crippen molar-refractivity contribution < 1.29 is 13.9 Å². The van der Waals surface area contributed by atoms with Gasteiger partial charge in [0.15, 0.2) is 17.3 Å². The third kappa shape index (κ3) is 3.86. The third-order valence-corrected chi connectivity index (χ3v) is 3.98. The van der Waals surface area contributed by atoms with Crippen LogP contribution in [-0.2, 0) is 0 Å². The molecule has 1 amide bonds. The van der Waals surface area contributed by atoms with Gasteiger partial charge in [-0.2, -0.15) is 0 Å². The van der Waals surface area contributed by atoms with Crippen LogP contribution in [0.3, 0.4) is 0 Å². The minimum Gasteiger partial charge on any atom is -0.452 e. The van der Waals surface area contributed by atoms with Crippen LogP contribution in [0.5, 0.6) is 11.5 Å². The third-order valence-electron chi connectivity index (χ3n) is 3.98. The topological polar surface area (TPSA) is 51.2 Å². The van der Waals surface area contributed by atoms with Gasteiger partial charge in [-0.1, -0.05) is 37.5 Å². The zero-order chi connectivity index (χ0) is 16.1. The predicted molar refractivity (Wildman–Crippen MR) is 85.1 cm³/mol. The lowest BCUT2D eigenvalue weighted by molar-refractivity contribution is 0.0919. The number of carbonyl (C=O) groups excluding carboxylic acids is 1. The summed E-state index contributed by atoms with van der Waals surface area (Å²) in [6.45, 7) is 0. The van der Waals surface area contributed by atoms with Gasteiger partial charge in [0.1, 0.15) is 5.75 Å². The van der Waals surface area contributed by atoms with Gasteiger partial charge in [-0.25, -0.2) is 9.37 Å². The van der Waals surface area contributed by atoms with Crippen LogP contribution in [0.2, 0.25) is 0 Å². The van der Waals surface area contributed by atoms with Crippen LogP contribution in [0.15, 0.2) is 42.6 Å². The van der Waals surface area contributed by atoms with E-state index in [1.807, 2.05) is 6.07 Å². The molecule has 0 atom stereocenters. The van der Waals surface area contributed by atoms with Crippen LogP contribution in [0.1, 0.15) is 42.6 Å². The number of pyridine rings is 1. The van der Waals surface area contributed by atoms with E-state index >= 15 is 0 Å². The monoisotopic (exact) mass is 314 g/mol. The van der Waals surface area contributed by atoms with Gasteiger partial charge in [0.05, 0.1) is 0 Å². The van der Waals surface area contributed by atoms with Crippen molar-refractivity contribution in [1.82, 2.24) is 10.3 Å². The molecule has 2 aromatic rings. The molecule has 1 aromatic heterocycles. The van der Waals surface area contributed by atoms with Gasteiger partial charge in [0.2, 0.25) is 0 Å². The second kappa shape index (κ2) is 7.22. The van der Waals surface area contributed by atoms with Gasteiger partial charge >= 0.3 is 0 Å². The summed E-state index contributed by atoms with van der Waals surface area (Å²) in [6.07, 6.45) is 6.60. The zero-order valence-electron chi connectivity index (χ0n) is 12.8. The van der Waals surface area contributed by atoms with Crippen molar-refractivity contribution in [2.45, 2.75) is 38.1 Å². The lowest BCUT2D eigenvalue weighted by Crippen LogP contribution is -2.36. The van der Waals surface area contributed by atoms with Gasteiger partial charge in [0, 0.05) is 12.2 Å². The summed E-state index contributed by atoms with van der Waals surface area (Å²) in [5.41, 5.74) is -0.0144. The molecule has 0 bridgehead atoms. The van der Waals surface area contributed by atoms with Gasteiger partial charge in [0.25, 0.3) is 5.91 Å². The molecule has 1 saturated carbocycles. The fraction of sp³-hybridized carbons (Fsp3) is 0.333. The van der Waals surface area contributed by atoms with E-state index in [1.165, 1.54) is 18.7 Å². The van der Waals surface area contributed by atoms with Crippen LogP contribution in [0.25, 0.3) is 0 Å². The van der Waals surface area contributed by atoms with Crippen LogP contribution >= 0.6 is 0 Å². The molecule has 4 nitrogen and oxygen atoms in total. The Labute approximate surface area is 134 Å². The summed E-state index contributed by atoms with van der Waals surface area (Å²) in [7, 11) is 0. The van der Waals surface area contributed by atoms with Crippen LogP contribution in [0, 0.1) is 5.82 Å². The van der Waals surface area contributed by atoms with E-state index < -0.39 is 5.82 Å². The number of rotatable bonds is 4. The molecule has 1 fully saturated rings. The largest absolute Gasteiger partial charge is 0.452 e. The Morgan fingerprint density at radius 3 is 2.61 bits per heavy atom. The number of aromatic nitrogens is 1. The molecule has 0 aliphatic heterocycles. The smallest absolute Gasteiger partial charge is 0.274 e. The molecule has 1 N–H and O–H groups in total. The van der Waals surface area contributed by atoms with Crippen molar-refractivity contribution in [2.24, 2.45) is 0 Å². The van der Waals surface area contributed by atoms with E-state index in [0.29, 0.717) is 5.75 Å². The lowest BCUT2D eigenvalue weighted by Gasteiger charge is -2.23. The van der Waals surface area contributed by atoms with Crippen molar-refractivity contribution in [3.8, 4) is 11.5 Å². The van der Waals surface area contributed by atoms with Crippen molar-refractivity contribution in [3.05, 3.63) is 54.1 Å². The highest BCUT2D eigenvalue weighted by atomic mass is 19.1. The number of nitrogens with one attached hydrogen (secondary N) is 1. The molecule has 0 radical (unpaired) electrons. The van der Waals surface area contributed by atoms with Gasteiger partial charge < -0.3 is 10.1 Å². The normalized spacial score (nSPS) is 15.2. The molecular formula is C18H19FN2O2. The SMILES string of the molecule is O=C(NC1CCCCC1)c1nccc(F)c1Oc1ccccc1. The van der Waals surface area contributed by atoms with Crippen molar-refractivity contribution in [2.75, 3.05) is 0 Å². The van der Waals surface area contributed by atoms with Crippen molar-refractivity contribution >= 4 is 5.91 Å². The fourth-order valence-corrected chi connectivity index (χ4v) is 2.79. The highest BCUT2D eigenvalue weighted by Crippen LogP contribution is 2.27. The Kier molecular flexibility index (Phi) is 4.86. The first-order valence-corrected chi connectivity index (χ1v) is 7.92. The molecule has 0 spiro atoms. The number of carbonyl (C=O) groups is 1. The first kappa shape index (κ1) is 15.5. The van der Waals surface area contributed by atoms with Crippen molar-refractivity contribution in [1.29, 1.82) is 0 Å². The fourth-order valence-electron chi connectivity index (χ4n) is 2.79. The summed E-state index contributed by atoms with van der Waals surface area (Å²) >= 11 is 0. The van der Waals surface area contributed by atoms with Gasteiger partial charge in [-0.15, -0.1) is 0 Å². The Hall–Kier alpha value is -2.43. The standard InChI is InChI=1S/C18H19FN2O2/c19-15-11-12-20-16(17(15)23-14-9-5-2-6-10-14)18(22)21-13-7-3-1-4-8-13/h2,5-6,9-13H,1,3-4,7-8H2,(H,21,22). The van der Waals surface area contributed by atoms with E-state index in [0.717, 1.165) is 25.7 Å². The minimum atomic E-state index is -0.599. The summed E-state index contributed by atoms with van der Waals surface area (Å²) in [5.74, 6) is -0.655. The summed E-state index contributed by atoms with van der Waals surface area (Å²) in [5, 5.41) is 2.94. The maximum atomic E-state index is 14.1. The maximum absolute atomic E-state index is 14.1. The maximum Gasteiger partial charge on any atom is 0.274 e. The lowest BCUT2D eigenvalue weighted by atomic mass is 9.95. The second-order valence-corrected chi connectivity index (χ2v) is 5.69. The predicted octanol–water partition coefficient (Wildman–Crippen LogP) is 4.08. The molecule has 1 heterocycles. The molecule has 1 aromatic carbocycles. The molecule has 120 valence electrons. The average molecular weight is 314 g/mol. The Balaban J connectivity index is 1.81. The average Bonchev–Trinajstić information content (AvgIpc) is 2.58. The quantitative estimate of drug-likeness (QED) is 0.925. The molecule has 23 heavy (non-hydrogen) atoms. The van der Waals surface area contributed by atoms with E-state index in [-0.39, 0.29) is 23.4 Å². The van der Waals surface area contributed by atoms with E-state index in [9.17, 15) is 9.18 Å². The molecule has 1 aliphatic carbocycles. The summed E-state index contributed by atoms with van der Waals surface area (Å²) < 4.78 is 19.7. The highest BCUT2D eigenvalue weighted by Gasteiger charge is 2.22. The number of para-hydroxylation sites is 1. The Morgan fingerprint density at radius 1 is 1.13 bits per heavy atom. The number of halogens is 1. The van der Waals surface area contributed by atoms with Crippen LogP contribution < -0.4 is 10.1 Å². The molecule has 0 saturated heterocycles. The second-order valence-electron chi connectivity index (χ2n) is 5.69. The highest BCUT2D eigenvalue weighted by molar-refractivity contribution is 5.95. The van der Waals surface area contributed by atoms with Gasteiger partial charge in [-0.3, -0.25) is 4.79 Å². The molecule has 5 heteroatoms. The molecule has 3 rings (SSSR count). The number of ether oxygens (including phenoxy) is 1. The summed E-state index contributed by atoms with van der Waals surface area (Å²) in [4.78, 5) is 16.5. The van der Waals surface area contributed by atoms with E-state index in [1.54, 1.807) is 24.3 Å². The number of hydrogen-bond acceptors (Lipinski definition) is 3. The Bertz CT molecular complexity index is 670. The molecule has 1 aliphatic rings. The number of nitrogens with zero attached hydrogens (tertiary/aromatic N) is 1. The van der Waals surface area contributed by atoms with Crippen LogP contribution in [0.4, 0.5) is 4.39 Å². The van der Waals surface area contributed by atoms with Crippen molar-refractivity contribution in [3.63, 3.8) is 0 Å². The first-order chi connectivity index (χ1) is 11.2. The molecular weight excluding hydrogens is 295 g/mol. The van der Waals surface area contributed by atoms with E-state index in [2.05, 4.69) is 10.3 Å². The minimum absolute atomic E-state index is 0.0144. The number of benzene rings is 1. The number of amides is 1. The first-order valence-electron chi connectivity index (χ1n) is 7.92. The van der Waals surface area contributed by atoms with E-state index in [4.69, 9.17) is 4.74 Å².